The number of carbonyl (C=O) groups excluding carboxylic acids is 1. The lowest BCUT2D eigenvalue weighted by Crippen LogP contribution is -2.91. The van der Waals surface area contributed by atoms with Crippen LogP contribution in [0.3, 0.4) is 0 Å². The van der Waals surface area contributed by atoms with Crippen LogP contribution in [-0.4, -0.2) is 18.6 Å². The maximum Gasteiger partial charge on any atom is 0.0859 e. The van der Waals surface area contributed by atoms with Gasteiger partial charge in [0.05, 0.1) is 12.6 Å². The molecule has 70 valence electrons. The number of piperidine rings is 1. The predicted octanol–water partition coefficient (Wildman–Crippen LogP) is -0.977. The Morgan fingerprint density at radius 3 is 2.92 bits per heavy atom. The molecule has 1 atom stereocenters. The summed E-state index contributed by atoms with van der Waals surface area (Å²) in [6, 6.07) is 0.679. The van der Waals surface area contributed by atoms with Crippen LogP contribution in [0.2, 0.25) is 0 Å². The van der Waals surface area contributed by atoms with E-state index < -0.39 is 5.97 Å². The summed E-state index contributed by atoms with van der Waals surface area (Å²) in [4.78, 5) is 10.1. The first-order valence-electron chi connectivity index (χ1n) is 4.82. The minimum atomic E-state index is -0.911. The van der Waals surface area contributed by atoms with Crippen molar-refractivity contribution < 1.29 is 15.2 Å². The molecule has 1 aliphatic heterocycles. The van der Waals surface area contributed by atoms with Crippen molar-refractivity contribution in [2.75, 3.05) is 6.54 Å². The lowest BCUT2D eigenvalue weighted by molar-refractivity contribution is -0.698. The summed E-state index contributed by atoms with van der Waals surface area (Å²) < 4.78 is 0. The number of aliphatic carboxylic acids is 1. The fraction of sp³-hybridized carbons (Fsp3) is 0.889. The Morgan fingerprint density at radius 1 is 1.50 bits per heavy atom. The molecule has 3 nitrogen and oxygen atoms in total. The fourth-order valence-corrected chi connectivity index (χ4v) is 1.79. The highest BCUT2D eigenvalue weighted by molar-refractivity contribution is 5.64. The zero-order valence-corrected chi connectivity index (χ0v) is 7.42. The lowest BCUT2D eigenvalue weighted by Gasteiger charge is -2.19. The normalized spacial score (nSPS) is 23.8. The fourth-order valence-electron chi connectivity index (χ4n) is 1.79. The highest BCUT2D eigenvalue weighted by Crippen LogP contribution is 2.07. The van der Waals surface area contributed by atoms with Crippen LogP contribution in [0.15, 0.2) is 0 Å². The standard InChI is InChI=1S/C9H17NO2/c11-9(12)6-3-5-8-4-1-2-7-10-8/h8,10H,1-7H2,(H,11,12)/t8-/m0/s1. The van der Waals surface area contributed by atoms with E-state index in [2.05, 4.69) is 5.32 Å². The van der Waals surface area contributed by atoms with Crippen molar-refractivity contribution in [3.8, 4) is 0 Å². The quantitative estimate of drug-likeness (QED) is 0.591. The third-order valence-corrected chi connectivity index (χ3v) is 2.48. The molecule has 0 saturated carbocycles. The van der Waals surface area contributed by atoms with E-state index in [1.54, 1.807) is 0 Å². The molecular weight excluding hydrogens is 154 g/mol. The first-order valence-corrected chi connectivity index (χ1v) is 4.82. The van der Waals surface area contributed by atoms with Gasteiger partial charge in [-0.3, -0.25) is 0 Å². The van der Waals surface area contributed by atoms with E-state index in [4.69, 9.17) is 0 Å². The van der Waals surface area contributed by atoms with Crippen LogP contribution >= 0.6 is 0 Å². The van der Waals surface area contributed by atoms with Gasteiger partial charge in [0.2, 0.25) is 0 Å². The van der Waals surface area contributed by atoms with Gasteiger partial charge in [-0.15, -0.1) is 0 Å². The van der Waals surface area contributed by atoms with Gasteiger partial charge in [0.15, 0.2) is 0 Å². The third-order valence-electron chi connectivity index (χ3n) is 2.48. The van der Waals surface area contributed by atoms with E-state index in [0.29, 0.717) is 6.04 Å². The Labute approximate surface area is 73.2 Å². The second-order valence-electron chi connectivity index (χ2n) is 3.54. The number of rotatable bonds is 4. The summed E-state index contributed by atoms with van der Waals surface area (Å²) in [5, 5.41) is 12.5. The molecule has 0 radical (unpaired) electrons. The van der Waals surface area contributed by atoms with Crippen molar-refractivity contribution in [1.82, 2.24) is 0 Å². The molecule has 1 heterocycles. The highest BCUT2D eigenvalue weighted by atomic mass is 16.4. The molecule has 0 bridgehead atoms. The van der Waals surface area contributed by atoms with Crippen molar-refractivity contribution in [1.29, 1.82) is 0 Å². The van der Waals surface area contributed by atoms with E-state index in [9.17, 15) is 9.90 Å². The average molecular weight is 171 g/mol. The molecule has 12 heavy (non-hydrogen) atoms. The monoisotopic (exact) mass is 171 g/mol. The first-order chi connectivity index (χ1) is 5.79. The van der Waals surface area contributed by atoms with E-state index in [1.807, 2.05) is 0 Å². The number of carbonyl (C=O) groups is 1. The topological polar surface area (TPSA) is 56.7 Å². The molecule has 0 amide bonds. The molecule has 3 heteroatoms. The van der Waals surface area contributed by atoms with Crippen LogP contribution in [0, 0.1) is 0 Å². The van der Waals surface area contributed by atoms with Crippen LogP contribution < -0.4 is 10.4 Å². The lowest BCUT2D eigenvalue weighted by atomic mass is 10.00. The van der Waals surface area contributed by atoms with Crippen molar-refractivity contribution in [2.24, 2.45) is 0 Å². The maximum atomic E-state index is 10.1. The van der Waals surface area contributed by atoms with E-state index in [0.717, 1.165) is 12.8 Å². The summed E-state index contributed by atoms with van der Waals surface area (Å²) in [7, 11) is 0. The van der Waals surface area contributed by atoms with Crippen molar-refractivity contribution in [3.63, 3.8) is 0 Å². The molecule has 0 aromatic carbocycles. The van der Waals surface area contributed by atoms with E-state index >= 15 is 0 Å². The number of quaternary nitrogens is 1. The van der Waals surface area contributed by atoms with E-state index in [1.165, 1.54) is 25.8 Å². The second kappa shape index (κ2) is 5.14. The largest absolute Gasteiger partial charge is 0.550 e. The highest BCUT2D eigenvalue weighted by Gasteiger charge is 2.14. The summed E-state index contributed by atoms with van der Waals surface area (Å²) in [5.41, 5.74) is 0. The van der Waals surface area contributed by atoms with Crippen LogP contribution in [-0.2, 0) is 4.79 Å². The predicted molar refractivity (Wildman–Crippen MR) is 43.3 cm³/mol. The molecule has 1 aliphatic rings. The van der Waals surface area contributed by atoms with Gasteiger partial charge >= 0.3 is 0 Å². The Morgan fingerprint density at radius 2 is 2.33 bits per heavy atom. The molecule has 0 spiro atoms. The van der Waals surface area contributed by atoms with Crippen LogP contribution in [0.5, 0.6) is 0 Å². The smallest absolute Gasteiger partial charge is 0.0859 e. The summed E-state index contributed by atoms with van der Waals surface area (Å²) in [6.07, 6.45) is 5.93. The Balaban J connectivity index is 2.01. The Kier molecular flexibility index (Phi) is 4.08. The van der Waals surface area contributed by atoms with Gasteiger partial charge in [0, 0.05) is 5.97 Å². The number of hydrogen-bond acceptors (Lipinski definition) is 2. The summed E-state index contributed by atoms with van der Waals surface area (Å²) >= 11 is 0. The van der Waals surface area contributed by atoms with Crippen molar-refractivity contribution in [2.45, 2.75) is 44.6 Å². The minimum absolute atomic E-state index is 0.227. The molecule has 0 aromatic heterocycles. The Bertz CT molecular complexity index is 141. The van der Waals surface area contributed by atoms with Gasteiger partial charge < -0.3 is 15.2 Å². The van der Waals surface area contributed by atoms with Gasteiger partial charge in [0.1, 0.15) is 0 Å². The average Bonchev–Trinajstić information content (AvgIpc) is 2.05. The summed E-state index contributed by atoms with van der Waals surface area (Å²) in [5.74, 6) is -0.911. The Hall–Kier alpha value is -0.570. The van der Waals surface area contributed by atoms with Crippen LogP contribution in [0.4, 0.5) is 0 Å². The van der Waals surface area contributed by atoms with Gasteiger partial charge in [-0.2, -0.15) is 0 Å². The zero-order valence-electron chi connectivity index (χ0n) is 7.42. The van der Waals surface area contributed by atoms with Crippen LogP contribution in [0.25, 0.3) is 0 Å². The maximum absolute atomic E-state index is 10.1. The van der Waals surface area contributed by atoms with Gasteiger partial charge in [-0.25, -0.2) is 0 Å². The molecule has 1 rings (SSSR count). The molecule has 1 saturated heterocycles. The first kappa shape index (κ1) is 9.52. The molecule has 0 unspecified atom stereocenters. The number of carboxylic acid groups (broad SMARTS) is 1. The van der Waals surface area contributed by atoms with Crippen LogP contribution in [0.1, 0.15) is 38.5 Å². The minimum Gasteiger partial charge on any atom is -0.550 e. The van der Waals surface area contributed by atoms with Crippen molar-refractivity contribution >= 4 is 5.97 Å². The summed E-state index contributed by atoms with van der Waals surface area (Å²) in [6.45, 7) is 1.22. The van der Waals surface area contributed by atoms with Gasteiger partial charge in [-0.1, -0.05) is 0 Å². The molecular formula is C9H17NO2. The third kappa shape index (κ3) is 3.72. The number of nitrogens with two attached hydrogens (primary N) is 1. The zero-order chi connectivity index (χ0) is 8.81. The van der Waals surface area contributed by atoms with E-state index in [-0.39, 0.29) is 6.42 Å². The van der Waals surface area contributed by atoms with Gasteiger partial charge in [-0.05, 0) is 38.5 Å². The molecule has 2 N–H and O–H groups in total. The molecule has 0 aromatic rings. The number of carboxylic acids is 1. The molecule has 0 aliphatic carbocycles. The molecule has 1 fully saturated rings. The van der Waals surface area contributed by atoms with Crippen molar-refractivity contribution in [3.05, 3.63) is 0 Å². The van der Waals surface area contributed by atoms with Gasteiger partial charge in [0.25, 0.3) is 0 Å². The SMILES string of the molecule is O=C([O-])CCC[C@@H]1CCCC[NH2+]1. The second-order valence-corrected chi connectivity index (χ2v) is 3.54. The number of hydrogen-bond donors (Lipinski definition) is 1.